The molecule has 0 aromatic heterocycles. The summed E-state index contributed by atoms with van der Waals surface area (Å²) in [6.45, 7) is 24.5. The first kappa shape index (κ1) is 41.9. The van der Waals surface area contributed by atoms with E-state index in [4.69, 9.17) is 6.42 Å². The Hall–Kier alpha value is -0.297. The number of unbranched alkanes of at least 4 members (excludes halogenated alkanes) is 4. The van der Waals surface area contributed by atoms with Crippen molar-refractivity contribution < 1.29 is 21.3 Å². The van der Waals surface area contributed by atoms with E-state index in [2.05, 4.69) is 80.9 Å². The van der Waals surface area contributed by atoms with Gasteiger partial charge in [0, 0.05) is 24.9 Å². The maximum atomic E-state index is 4.96. The van der Waals surface area contributed by atoms with Crippen molar-refractivity contribution in [3.05, 3.63) is 13.8 Å². The number of quaternary nitrogens is 1. The second kappa shape index (κ2) is 45.4. The number of hydrogen-bond donors (Lipinski definition) is 1. The van der Waals surface area contributed by atoms with E-state index in [0.29, 0.717) is 7.98 Å². The molecule has 1 radical (unpaired) electrons. The van der Waals surface area contributed by atoms with Crippen LogP contribution in [0.5, 0.6) is 0 Å². The molecule has 0 aromatic rings. The van der Waals surface area contributed by atoms with Crippen molar-refractivity contribution in [1.82, 2.24) is 0 Å². The standard InChI is InChI=1S/C6H18BN.C6H10B.C6H10.2C3H7.Ni/c1-5(2)8(7)6(3)4;1-2-3-4-5-6-7;1-3-5-6-4-2;2*1-3-2;/h5-6,8H,1-4,7H3;7H,2-4H2,1H3;1H,4-6H2,2H3;2*1,3H2,2H3;/q;;;2*-1;+2. The van der Waals surface area contributed by atoms with E-state index in [1.165, 1.54) is 25.7 Å². The molecule has 0 fully saturated rings. The molecule has 4 heteroatoms. The van der Waals surface area contributed by atoms with Crippen LogP contribution >= 0.6 is 0 Å². The Morgan fingerprint density at radius 2 is 1.21 bits per heavy atom. The minimum absolute atomic E-state index is 0. The number of rotatable bonds is 6. The van der Waals surface area contributed by atoms with Crippen LogP contribution in [0.25, 0.3) is 0 Å². The van der Waals surface area contributed by atoms with E-state index in [9.17, 15) is 0 Å². The Labute approximate surface area is 193 Å². The summed E-state index contributed by atoms with van der Waals surface area (Å²) in [5.74, 6) is 8.06. The minimum atomic E-state index is 0. The first-order chi connectivity index (χ1) is 12.7. The zero-order chi connectivity index (χ0) is 22.5. The van der Waals surface area contributed by atoms with E-state index in [1.807, 2.05) is 18.7 Å². The Bertz CT molecular complexity index is 305. The topological polar surface area (TPSA) is 4.44 Å². The van der Waals surface area contributed by atoms with Crippen molar-refractivity contribution in [2.24, 2.45) is 0 Å². The van der Waals surface area contributed by atoms with Crippen molar-refractivity contribution in [2.75, 3.05) is 0 Å². The van der Waals surface area contributed by atoms with Crippen LogP contribution in [0.3, 0.4) is 0 Å². The van der Waals surface area contributed by atoms with Crippen molar-refractivity contribution in [1.29, 1.82) is 0 Å². The summed E-state index contributed by atoms with van der Waals surface area (Å²) in [6, 6.07) is 1.74. The molecule has 0 atom stereocenters. The first-order valence-electron chi connectivity index (χ1n) is 10.3. The zero-order valence-corrected chi connectivity index (χ0v) is 20.8. The average molecular weight is 435 g/mol. The van der Waals surface area contributed by atoms with E-state index < -0.39 is 0 Å². The van der Waals surface area contributed by atoms with Gasteiger partial charge in [-0.2, -0.15) is 18.7 Å². The van der Waals surface area contributed by atoms with Crippen molar-refractivity contribution in [3.8, 4) is 24.1 Å². The second-order valence-corrected chi connectivity index (χ2v) is 6.24. The summed E-state index contributed by atoms with van der Waals surface area (Å²) >= 11 is 0. The smallest absolute Gasteiger partial charge is 0.529 e. The van der Waals surface area contributed by atoms with Gasteiger partial charge in [0.05, 0.1) is 0 Å². The molecule has 0 aliphatic heterocycles. The normalized spacial score (nSPS) is 8.04. The zero-order valence-electron chi connectivity index (χ0n) is 19.8. The van der Waals surface area contributed by atoms with Gasteiger partial charge in [-0.1, -0.05) is 40.5 Å². The fraction of sp³-hybridized carbons (Fsp3) is 0.750. The quantitative estimate of drug-likeness (QED) is 0.275. The van der Waals surface area contributed by atoms with E-state index >= 15 is 0 Å². The van der Waals surface area contributed by atoms with E-state index in [0.717, 1.165) is 37.8 Å². The number of nitrogens with one attached hydrogen (secondary N) is 1. The van der Waals surface area contributed by atoms with Crippen molar-refractivity contribution >= 4 is 15.8 Å². The van der Waals surface area contributed by atoms with Gasteiger partial charge in [0.2, 0.25) is 0 Å². The minimum Gasteiger partial charge on any atom is -0.529 e. The Balaban J connectivity index is -0.0000000563. The summed E-state index contributed by atoms with van der Waals surface area (Å²) in [4.78, 5) is 1.85. The predicted octanol–water partition coefficient (Wildman–Crippen LogP) is 4.28. The summed E-state index contributed by atoms with van der Waals surface area (Å²) in [5.41, 5.74) is 0. The van der Waals surface area contributed by atoms with Crippen LogP contribution in [0.1, 0.15) is 107 Å². The van der Waals surface area contributed by atoms with Gasteiger partial charge in [0.1, 0.15) is 0 Å². The fourth-order valence-electron chi connectivity index (χ4n) is 1.30. The average Bonchev–Trinajstić information content (AvgIpc) is 2.62. The van der Waals surface area contributed by atoms with Crippen LogP contribution in [0.15, 0.2) is 0 Å². The summed E-state index contributed by atoms with van der Waals surface area (Å²) in [5, 5.41) is 0. The van der Waals surface area contributed by atoms with Gasteiger partial charge in [0.25, 0.3) is 0 Å². The maximum Gasteiger partial charge on any atom is 2.00 e. The molecule has 0 unspecified atom stereocenters. The largest absolute Gasteiger partial charge is 2.00 e. The number of hydrogen-bond acceptors (Lipinski definition) is 0. The Morgan fingerprint density at radius 3 is 1.36 bits per heavy atom. The molecule has 0 rings (SSSR count). The molecule has 0 aliphatic rings. The van der Waals surface area contributed by atoms with Gasteiger partial charge in [-0.05, 0) is 40.5 Å². The molecular formula is C24H52B2NNi. The van der Waals surface area contributed by atoms with Crippen LogP contribution in [0.2, 0.25) is 0 Å². The maximum absolute atomic E-state index is 4.96. The second-order valence-electron chi connectivity index (χ2n) is 6.24. The van der Waals surface area contributed by atoms with Gasteiger partial charge in [0.15, 0.2) is 15.8 Å². The molecule has 0 aromatic carbocycles. The fourth-order valence-corrected chi connectivity index (χ4v) is 1.30. The molecular weight excluding hydrogens is 383 g/mol. The molecule has 0 saturated heterocycles. The molecule has 0 aliphatic carbocycles. The van der Waals surface area contributed by atoms with Crippen LogP contribution in [0.4, 0.5) is 0 Å². The first-order valence-corrected chi connectivity index (χ1v) is 10.3. The molecule has 0 bridgehead atoms. The van der Waals surface area contributed by atoms with Crippen molar-refractivity contribution in [3.63, 3.8) is 0 Å². The molecule has 1 N–H and O–H groups in total. The Kier molecular flexibility index (Phi) is 68.1. The van der Waals surface area contributed by atoms with E-state index in [-0.39, 0.29) is 16.5 Å². The number of terminal acetylenes is 1. The van der Waals surface area contributed by atoms with Gasteiger partial charge in [-0.3, -0.25) is 0 Å². The third-order valence-electron chi connectivity index (χ3n) is 2.12. The van der Waals surface area contributed by atoms with Gasteiger partial charge < -0.3 is 18.7 Å². The molecule has 0 spiro atoms. The summed E-state index contributed by atoms with van der Waals surface area (Å²) in [6.07, 6.45) is 13.8. The van der Waals surface area contributed by atoms with Crippen LogP contribution in [-0.4, -0.2) is 27.9 Å². The van der Waals surface area contributed by atoms with Crippen molar-refractivity contribution in [2.45, 2.75) is 119 Å². The molecule has 0 heterocycles. The third kappa shape index (κ3) is 72.6. The summed E-state index contributed by atoms with van der Waals surface area (Å²) < 4.78 is 0. The third-order valence-corrected chi connectivity index (χ3v) is 2.12. The van der Waals surface area contributed by atoms with Gasteiger partial charge >= 0.3 is 16.5 Å². The summed E-state index contributed by atoms with van der Waals surface area (Å²) in [7, 11) is 3.91. The predicted molar refractivity (Wildman–Crippen MR) is 135 cm³/mol. The molecule has 169 valence electrons. The van der Waals surface area contributed by atoms with Crippen LogP contribution < -0.4 is 4.81 Å². The van der Waals surface area contributed by atoms with Crippen LogP contribution in [-0.2, 0) is 16.5 Å². The Morgan fingerprint density at radius 1 is 0.893 bits per heavy atom. The van der Waals surface area contributed by atoms with Gasteiger partial charge in [-0.15, -0.1) is 18.3 Å². The monoisotopic (exact) mass is 434 g/mol. The molecule has 0 amide bonds. The molecule has 0 saturated carbocycles. The van der Waals surface area contributed by atoms with Crippen LogP contribution in [0, 0.1) is 37.9 Å². The molecule has 28 heavy (non-hydrogen) atoms. The van der Waals surface area contributed by atoms with Gasteiger partial charge in [-0.25, -0.2) is 0 Å². The SMILES string of the molecule is C#CCCCC.[BH3-][NH+](C(C)C)C(C)C.[BH]C#CCCCC.[CH2-]CC.[CH2-]CC.[Ni+2]. The molecule has 1 nitrogen and oxygen atoms in total. The van der Waals surface area contributed by atoms with E-state index in [1.54, 1.807) is 0 Å².